The number of hydrogen-bond donors (Lipinski definition) is 1. The standard InChI is InChI=1S/C14H13FN2OS/c1-9(7-11-3-2-6-18-11)16-14-17-12-8-10(15)4-5-13(12)19-14/h2-6,8-9H,7H2,1H3,(H,16,17). The quantitative estimate of drug-likeness (QED) is 0.780. The predicted molar refractivity (Wildman–Crippen MR) is 75.1 cm³/mol. The van der Waals surface area contributed by atoms with Crippen molar-refractivity contribution in [1.29, 1.82) is 0 Å². The fourth-order valence-corrected chi connectivity index (χ4v) is 2.91. The van der Waals surface area contributed by atoms with Gasteiger partial charge in [-0.25, -0.2) is 9.37 Å². The summed E-state index contributed by atoms with van der Waals surface area (Å²) >= 11 is 1.53. The first-order chi connectivity index (χ1) is 9.20. The van der Waals surface area contributed by atoms with Gasteiger partial charge in [0.15, 0.2) is 5.13 Å². The van der Waals surface area contributed by atoms with E-state index in [2.05, 4.69) is 17.2 Å². The second kappa shape index (κ2) is 5.01. The van der Waals surface area contributed by atoms with Gasteiger partial charge in [0.05, 0.1) is 16.5 Å². The molecule has 3 rings (SSSR count). The first kappa shape index (κ1) is 12.2. The molecule has 0 spiro atoms. The molecule has 98 valence electrons. The van der Waals surface area contributed by atoms with E-state index in [4.69, 9.17) is 4.42 Å². The van der Waals surface area contributed by atoms with E-state index in [1.54, 1.807) is 12.3 Å². The van der Waals surface area contributed by atoms with E-state index in [1.165, 1.54) is 23.5 Å². The molecular weight excluding hydrogens is 263 g/mol. The highest BCUT2D eigenvalue weighted by Crippen LogP contribution is 2.27. The third-order valence-corrected chi connectivity index (χ3v) is 3.77. The summed E-state index contributed by atoms with van der Waals surface area (Å²) < 4.78 is 19.4. The fraction of sp³-hybridized carbons (Fsp3) is 0.214. The predicted octanol–water partition coefficient (Wildman–Crippen LogP) is 4.07. The highest BCUT2D eigenvalue weighted by molar-refractivity contribution is 7.22. The van der Waals surface area contributed by atoms with Crippen LogP contribution in [-0.4, -0.2) is 11.0 Å². The highest BCUT2D eigenvalue weighted by Gasteiger charge is 2.09. The van der Waals surface area contributed by atoms with Crippen LogP contribution in [0.4, 0.5) is 9.52 Å². The van der Waals surface area contributed by atoms with Crippen molar-refractivity contribution < 1.29 is 8.81 Å². The fourth-order valence-electron chi connectivity index (χ4n) is 1.95. The van der Waals surface area contributed by atoms with Crippen molar-refractivity contribution in [1.82, 2.24) is 4.98 Å². The van der Waals surface area contributed by atoms with Gasteiger partial charge in [0.1, 0.15) is 11.6 Å². The summed E-state index contributed by atoms with van der Waals surface area (Å²) in [5.41, 5.74) is 0.692. The number of fused-ring (bicyclic) bond motifs is 1. The van der Waals surface area contributed by atoms with Gasteiger partial charge < -0.3 is 9.73 Å². The van der Waals surface area contributed by atoms with Gasteiger partial charge in [0, 0.05) is 18.5 Å². The number of furan rings is 1. The molecule has 1 aromatic carbocycles. The maximum Gasteiger partial charge on any atom is 0.184 e. The number of nitrogens with zero attached hydrogens (tertiary/aromatic N) is 1. The van der Waals surface area contributed by atoms with Crippen molar-refractivity contribution in [2.24, 2.45) is 0 Å². The van der Waals surface area contributed by atoms with Gasteiger partial charge in [0.25, 0.3) is 0 Å². The molecule has 3 nitrogen and oxygen atoms in total. The Morgan fingerprint density at radius 1 is 1.42 bits per heavy atom. The molecule has 0 aliphatic rings. The van der Waals surface area contributed by atoms with Gasteiger partial charge in [0.2, 0.25) is 0 Å². The van der Waals surface area contributed by atoms with Crippen molar-refractivity contribution in [3.8, 4) is 0 Å². The molecule has 0 radical (unpaired) electrons. The Morgan fingerprint density at radius 2 is 2.32 bits per heavy atom. The lowest BCUT2D eigenvalue weighted by atomic mass is 10.2. The summed E-state index contributed by atoms with van der Waals surface area (Å²) in [6.45, 7) is 2.06. The number of thiazole rings is 1. The van der Waals surface area contributed by atoms with Crippen LogP contribution < -0.4 is 5.32 Å². The molecule has 1 N–H and O–H groups in total. The number of aromatic nitrogens is 1. The molecule has 0 bridgehead atoms. The molecule has 0 aliphatic carbocycles. The van der Waals surface area contributed by atoms with Gasteiger partial charge in [-0.15, -0.1) is 0 Å². The largest absolute Gasteiger partial charge is 0.469 e. The van der Waals surface area contributed by atoms with E-state index in [0.29, 0.717) is 5.52 Å². The minimum atomic E-state index is -0.256. The highest BCUT2D eigenvalue weighted by atomic mass is 32.1. The second-order valence-electron chi connectivity index (χ2n) is 4.46. The zero-order valence-electron chi connectivity index (χ0n) is 10.4. The van der Waals surface area contributed by atoms with Gasteiger partial charge >= 0.3 is 0 Å². The van der Waals surface area contributed by atoms with E-state index in [1.807, 2.05) is 12.1 Å². The molecule has 0 aliphatic heterocycles. The molecule has 0 fully saturated rings. The number of hydrogen-bond acceptors (Lipinski definition) is 4. The van der Waals surface area contributed by atoms with Crippen molar-refractivity contribution >= 4 is 26.7 Å². The lowest BCUT2D eigenvalue weighted by Crippen LogP contribution is -2.17. The molecule has 1 atom stereocenters. The lowest BCUT2D eigenvalue weighted by molar-refractivity contribution is 0.498. The van der Waals surface area contributed by atoms with Crippen molar-refractivity contribution in [3.05, 3.63) is 48.2 Å². The summed E-state index contributed by atoms with van der Waals surface area (Å²) in [4.78, 5) is 4.38. The smallest absolute Gasteiger partial charge is 0.184 e. The van der Waals surface area contributed by atoms with Crippen LogP contribution in [0.2, 0.25) is 0 Å². The van der Waals surface area contributed by atoms with E-state index < -0.39 is 0 Å². The topological polar surface area (TPSA) is 38.1 Å². The van der Waals surface area contributed by atoms with Crippen molar-refractivity contribution in [2.75, 3.05) is 5.32 Å². The second-order valence-corrected chi connectivity index (χ2v) is 5.49. The minimum absolute atomic E-state index is 0.205. The Morgan fingerprint density at radius 3 is 3.11 bits per heavy atom. The van der Waals surface area contributed by atoms with Crippen LogP contribution >= 0.6 is 11.3 Å². The van der Waals surface area contributed by atoms with Crippen LogP contribution in [0.1, 0.15) is 12.7 Å². The molecule has 5 heteroatoms. The summed E-state index contributed by atoms with van der Waals surface area (Å²) in [7, 11) is 0. The van der Waals surface area contributed by atoms with Gasteiger partial charge in [-0.1, -0.05) is 11.3 Å². The SMILES string of the molecule is CC(Cc1ccco1)Nc1nc2cc(F)ccc2s1. The number of rotatable bonds is 4. The van der Waals surface area contributed by atoms with Crippen LogP contribution in [0.3, 0.4) is 0 Å². The summed E-state index contributed by atoms with van der Waals surface area (Å²) in [5.74, 6) is 0.681. The average Bonchev–Trinajstić information content (AvgIpc) is 2.97. The third-order valence-electron chi connectivity index (χ3n) is 2.81. The van der Waals surface area contributed by atoms with Crippen molar-refractivity contribution in [3.63, 3.8) is 0 Å². The maximum absolute atomic E-state index is 13.1. The Balaban J connectivity index is 1.74. The molecule has 2 aromatic heterocycles. The zero-order chi connectivity index (χ0) is 13.2. The lowest BCUT2D eigenvalue weighted by Gasteiger charge is -2.10. The van der Waals surface area contributed by atoms with Crippen molar-refractivity contribution in [2.45, 2.75) is 19.4 Å². The summed E-state index contributed by atoms with van der Waals surface area (Å²) in [6.07, 6.45) is 2.46. The van der Waals surface area contributed by atoms with Gasteiger partial charge in [-0.2, -0.15) is 0 Å². The monoisotopic (exact) mass is 276 g/mol. The molecule has 0 saturated carbocycles. The van der Waals surface area contributed by atoms with E-state index in [-0.39, 0.29) is 11.9 Å². The zero-order valence-corrected chi connectivity index (χ0v) is 11.2. The molecule has 1 unspecified atom stereocenters. The normalized spacial score (nSPS) is 12.7. The minimum Gasteiger partial charge on any atom is -0.469 e. The first-order valence-electron chi connectivity index (χ1n) is 6.06. The van der Waals surface area contributed by atoms with Crippen LogP contribution in [0.15, 0.2) is 41.0 Å². The number of nitrogens with one attached hydrogen (secondary N) is 1. The van der Waals surface area contributed by atoms with E-state index in [9.17, 15) is 4.39 Å². The number of anilines is 1. The number of halogens is 1. The molecule has 0 amide bonds. The molecular formula is C14H13FN2OS. The Kier molecular flexibility index (Phi) is 3.21. The molecule has 3 aromatic rings. The van der Waals surface area contributed by atoms with E-state index >= 15 is 0 Å². The number of benzene rings is 1. The van der Waals surface area contributed by atoms with Crippen LogP contribution in [0.5, 0.6) is 0 Å². The maximum atomic E-state index is 13.1. The van der Waals surface area contributed by atoms with Crippen LogP contribution in [-0.2, 0) is 6.42 Å². The Bertz CT molecular complexity index is 678. The first-order valence-corrected chi connectivity index (χ1v) is 6.87. The summed E-state index contributed by atoms with van der Waals surface area (Å²) in [6, 6.07) is 8.70. The van der Waals surface area contributed by atoms with Crippen LogP contribution in [0, 0.1) is 5.82 Å². The van der Waals surface area contributed by atoms with Crippen LogP contribution in [0.25, 0.3) is 10.2 Å². The molecule has 19 heavy (non-hydrogen) atoms. The third kappa shape index (κ3) is 2.76. The Hall–Kier alpha value is -1.88. The van der Waals surface area contributed by atoms with E-state index in [0.717, 1.165) is 22.0 Å². The average molecular weight is 276 g/mol. The molecule has 2 heterocycles. The Labute approximate surface area is 114 Å². The summed E-state index contributed by atoms with van der Waals surface area (Å²) in [5, 5.41) is 4.12. The molecule has 0 saturated heterocycles. The van der Waals surface area contributed by atoms with Gasteiger partial charge in [-0.3, -0.25) is 0 Å². The van der Waals surface area contributed by atoms with Gasteiger partial charge in [-0.05, 0) is 31.2 Å².